The number of nitrogens with zero attached hydrogens (tertiary/aromatic N) is 2. The normalized spacial score (nSPS) is 8.73. The number of rotatable bonds is 3. The number of ether oxygens (including phenoxy) is 1. The van der Waals surface area contributed by atoms with Gasteiger partial charge in [-0.25, -0.2) is 0 Å². The van der Waals surface area contributed by atoms with Gasteiger partial charge in [0.05, 0.1) is 12.3 Å². The highest BCUT2D eigenvalue weighted by Crippen LogP contribution is 1.87. The zero-order valence-corrected chi connectivity index (χ0v) is 9.56. The molecule has 0 aliphatic carbocycles. The predicted molar refractivity (Wildman–Crippen MR) is 58.3 cm³/mol. The number of aryl methyl sites for hydroxylation is 1. The number of hydrogen-bond acceptors (Lipinski definition) is 4. The fourth-order valence-electron chi connectivity index (χ4n) is 0.776. The van der Waals surface area contributed by atoms with Crippen molar-refractivity contribution in [2.24, 2.45) is 0 Å². The van der Waals surface area contributed by atoms with Crippen LogP contribution >= 0.6 is 0 Å². The molecule has 0 saturated heterocycles. The average Bonchev–Trinajstić information content (AvgIpc) is 2.31. The summed E-state index contributed by atoms with van der Waals surface area (Å²) in [6.45, 7) is 6.13. The molecule has 0 unspecified atom stereocenters. The molecule has 15 heavy (non-hydrogen) atoms. The van der Waals surface area contributed by atoms with E-state index < -0.39 is 0 Å². The van der Waals surface area contributed by atoms with E-state index in [0.717, 1.165) is 12.1 Å². The molecule has 0 saturated carbocycles. The van der Waals surface area contributed by atoms with Gasteiger partial charge in [0.25, 0.3) is 0 Å². The van der Waals surface area contributed by atoms with E-state index in [9.17, 15) is 4.79 Å². The van der Waals surface area contributed by atoms with Crippen molar-refractivity contribution in [3.63, 3.8) is 0 Å². The third-order valence-corrected chi connectivity index (χ3v) is 1.57. The summed E-state index contributed by atoms with van der Waals surface area (Å²) >= 11 is 0. The number of esters is 1. The van der Waals surface area contributed by atoms with Crippen molar-refractivity contribution in [3.05, 3.63) is 24.3 Å². The molecule has 0 bridgehead atoms. The van der Waals surface area contributed by atoms with Crippen molar-refractivity contribution >= 4 is 5.97 Å². The van der Waals surface area contributed by atoms with E-state index in [1.54, 1.807) is 32.4 Å². The number of carbonyl (C=O) groups excluding carboxylic acids is 1. The highest BCUT2D eigenvalue weighted by atomic mass is 16.5. The highest BCUT2D eigenvalue weighted by molar-refractivity contribution is 5.68. The largest absolute Gasteiger partial charge is 0.466 e. The Morgan fingerprint density at radius 3 is 2.33 bits per heavy atom. The molecule has 0 radical (unpaired) electrons. The van der Waals surface area contributed by atoms with Crippen LogP contribution in [-0.2, 0) is 16.0 Å². The minimum Gasteiger partial charge on any atom is -0.466 e. The van der Waals surface area contributed by atoms with Gasteiger partial charge in [-0.05, 0) is 13.3 Å². The van der Waals surface area contributed by atoms with Crippen molar-refractivity contribution in [1.29, 1.82) is 0 Å². The first-order valence-electron chi connectivity index (χ1n) is 5.15. The zero-order valence-electron chi connectivity index (χ0n) is 9.56. The molecular formula is C11H18N2O2. The van der Waals surface area contributed by atoms with Crippen LogP contribution in [-0.4, -0.2) is 22.5 Å². The summed E-state index contributed by atoms with van der Waals surface area (Å²) in [6.07, 6.45) is 6.61. The average molecular weight is 210 g/mol. The van der Waals surface area contributed by atoms with Gasteiger partial charge in [-0.3, -0.25) is 14.8 Å². The van der Waals surface area contributed by atoms with Gasteiger partial charge in [0.15, 0.2) is 0 Å². The molecular weight excluding hydrogens is 192 g/mol. The smallest absolute Gasteiger partial charge is 0.305 e. The predicted octanol–water partition coefficient (Wildman–Crippen LogP) is 2.00. The van der Waals surface area contributed by atoms with Crippen LogP contribution in [0.3, 0.4) is 0 Å². The summed E-state index contributed by atoms with van der Waals surface area (Å²) < 4.78 is 4.55. The number of hydrogen-bond donors (Lipinski definition) is 0. The molecule has 0 spiro atoms. The van der Waals surface area contributed by atoms with Gasteiger partial charge in [0.1, 0.15) is 0 Å². The summed E-state index contributed by atoms with van der Waals surface area (Å²) in [5.74, 6) is -0.123. The summed E-state index contributed by atoms with van der Waals surface area (Å²) in [4.78, 5) is 18.1. The Hall–Kier alpha value is -1.45. The number of carbonyl (C=O) groups is 1. The van der Waals surface area contributed by atoms with Gasteiger partial charge in [-0.2, -0.15) is 0 Å². The molecule has 0 aromatic carbocycles. The first-order chi connectivity index (χ1) is 7.24. The molecule has 0 N–H and O–H groups in total. The molecule has 0 aliphatic rings. The van der Waals surface area contributed by atoms with Crippen LogP contribution in [0.2, 0.25) is 0 Å². The Balaban J connectivity index is 0.000000265. The van der Waals surface area contributed by atoms with E-state index in [4.69, 9.17) is 0 Å². The second-order valence-corrected chi connectivity index (χ2v) is 2.71. The van der Waals surface area contributed by atoms with Crippen LogP contribution < -0.4 is 0 Å². The summed E-state index contributed by atoms with van der Waals surface area (Å²) in [6, 6.07) is 0. The van der Waals surface area contributed by atoms with Gasteiger partial charge in [-0.1, -0.05) is 13.8 Å². The monoisotopic (exact) mass is 210 g/mol. The zero-order chi connectivity index (χ0) is 11.5. The second-order valence-electron chi connectivity index (χ2n) is 2.71. The summed E-state index contributed by atoms with van der Waals surface area (Å²) in [5, 5.41) is 0. The fraction of sp³-hybridized carbons (Fsp3) is 0.545. The minimum absolute atomic E-state index is 0.123. The van der Waals surface area contributed by atoms with E-state index in [1.165, 1.54) is 0 Å². The first-order valence-corrected chi connectivity index (χ1v) is 5.15. The van der Waals surface area contributed by atoms with Gasteiger partial charge in [0, 0.05) is 25.0 Å². The van der Waals surface area contributed by atoms with Crippen LogP contribution in [0.15, 0.2) is 18.6 Å². The fourth-order valence-corrected chi connectivity index (χ4v) is 0.776. The van der Waals surface area contributed by atoms with Crippen molar-refractivity contribution < 1.29 is 9.53 Å². The van der Waals surface area contributed by atoms with Gasteiger partial charge in [0.2, 0.25) is 0 Å². The third kappa shape index (κ3) is 7.61. The maximum atomic E-state index is 10.2. The molecule has 4 heteroatoms. The summed E-state index contributed by atoms with van der Waals surface area (Å²) in [7, 11) is 0. The van der Waals surface area contributed by atoms with E-state index >= 15 is 0 Å². The van der Waals surface area contributed by atoms with E-state index in [2.05, 4.69) is 21.6 Å². The molecule has 0 amide bonds. The lowest BCUT2D eigenvalue weighted by atomic mass is 10.4. The molecule has 1 heterocycles. The van der Waals surface area contributed by atoms with E-state index in [0.29, 0.717) is 13.0 Å². The molecule has 0 aliphatic heterocycles. The molecule has 1 aromatic rings. The van der Waals surface area contributed by atoms with Crippen LogP contribution in [0, 0.1) is 0 Å². The van der Waals surface area contributed by atoms with Crippen LogP contribution in [0.1, 0.15) is 32.9 Å². The molecule has 0 atom stereocenters. The Bertz CT molecular complexity index is 263. The lowest BCUT2D eigenvalue weighted by molar-refractivity contribution is -0.142. The third-order valence-electron chi connectivity index (χ3n) is 1.57. The van der Waals surface area contributed by atoms with Crippen LogP contribution in [0.5, 0.6) is 0 Å². The minimum atomic E-state index is -0.123. The Morgan fingerprint density at radius 1 is 1.33 bits per heavy atom. The van der Waals surface area contributed by atoms with Gasteiger partial charge >= 0.3 is 5.97 Å². The van der Waals surface area contributed by atoms with E-state index in [-0.39, 0.29) is 5.97 Å². The quantitative estimate of drug-likeness (QED) is 0.716. The lowest BCUT2D eigenvalue weighted by Gasteiger charge is -1.93. The SMILES string of the molecule is CCOC(=O)CC.CCc1cnccn1. The Morgan fingerprint density at radius 2 is 2.07 bits per heavy atom. The lowest BCUT2D eigenvalue weighted by Crippen LogP contribution is -2.00. The van der Waals surface area contributed by atoms with Crippen LogP contribution in [0.4, 0.5) is 0 Å². The number of aromatic nitrogens is 2. The van der Waals surface area contributed by atoms with Crippen molar-refractivity contribution in [2.45, 2.75) is 33.6 Å². The van der Waals surface area contributed by atoms with Crippen molar-refractivity contribution in [3.8, 4) is 0 Å². The van der Waals surface area contributed by atoms with Gasteiger partial charge in [-0.15, -0.1) is 0 Å². The molecule has 0 fully saturated rings. The molecule has 1 rings (SSSR count). The first kappa shape index (κ1) is 13.5. The maximum absolute atomic E-state index is 10.2. The Labute approximate surface area is 90.7 Å². The van der Waals surface area contributed by atoms with Crippen molar-refractivity contribution in [1.82, 2.24) is 9.97 Å². The molecule has 84 valence electrons. The van der Waals surface area contributed by atoms with Crippen LogP contribution in [0.25, 0.3) is 0 Å². The topological polar surface area (TPSA) is 52.1 Å². The maximum Gasteiger partial charge on any atom is 0.305 e. The molecule has 1 aromatic heterocycles. The summed E-state index contributed by atoms with van der Waals surface area (Å²) in [5.41, 5.74) is 1.05. The standard InChI is InChI=1S/C6H8N2.C5H10O2/c1-2-6-5-7-3-4-8-6;1-3-5(6)7-4-2/h3-5H,2H2,1H3;3-4H2,1-2H3. The van der Waals surface area contributed by atoms with E-state index in [1.807, 2.05) is 0 Å². The van der Waals surface area contributed by atoms with Crippen molar-refractivity contribution in [2.75, 3.05) is 6.61 Å². The van der Waals surface area contributed by atoms with Gasteiger partial charge < -0.3 is 4.74 Å². The second kappa shape index (κ2) is 9.12. The molecule has 4 nitrogen and oxygen atoms in total. The Kier molecular flexibility index (Phi) is 8.24. The highest BCUT2D eigenvalue weighted by Gasteiger charge is 1.91.